The minimum atomic E-state index is -1.01. The maximum atomic E-state index is 12.2. The smallest absolute Gasteiger partial charge is 0.244 e. The molecular weight excluding hydrogens is 280 g/mol. The summed E-state index contributed by atoms with van der Waals surface area (Å²) in [5.41, 5.74) is 5.94. The minimum Gasteiger partial charge on any atom is -0.379 e. The number of ether oxygens (including phenoxy) is 2. The molecule has 2 rings (SSSR count). The van der Waals surface area contributed by atoms with Gasteiger partial charge in [-0.05, 0) is 31.7 Å². The van der Waals surface area contributed by atoms with Crippen molar-refractivity contribution >= 4 is 5.91 Å². The van der Waals surface area contributed by atoms with Crippen LogP contribution >= 0.6 is 0 Å². The lowest BCUT2D eigenvalue weighted by molar-refractivity contribution is -0.126. The van der Waals surface area contributed by atoms with Crippen molar-refractivity contribution in [2.24, 2.45) is 5.73 Å². The van der Waals surface area contributed by atoms with Crippen LogP contribution in [-0.4, -0.2) is 38.4 Å². The van der Waals surface area contributed by atoms with Gasteiger partial charge < -0.3 is 20.5 Å². The molecule has 122 valence electrons. The predicted octanol–water partition coefficient (Wildman–Crippen LogP) is 1.56. The van der Waals surface area contributed by atoms with E-state index < -0.39 is 5.54 Å². The lowest BCUT2D eigenvalue weighted by Crippen LogP contribution is -2.49. The molecule has 1 aliphatic heterocycles. The first kappa shape index (κ1) is 16.9. The Bertz CT molecular complexity index is 456. The van der Waals surface area contributed by atoms with Crippen LogP contribution in [0.5, 0.6) is 0 Å². The molecule has 0 spiro atoms. The first-order chi connectivity index (χ1) is 10.6. The third-order valence-electron chi connectivity index (χ3n) is 3.92. The zero-order valence-corrected chi connectivity index (χ0v) is 13.2. The number of benzene rings is 1. The zero-order chi connectivity index (χ0) is 15.8. The van der Waals surface area contributed by atoms with Crippen molar-refractivity contribution in [1.82, 2.24) is 5.32 Å². The normalized spacial score (nSPS) is 20.5. The van der Waals surface area contributed by atoms with Gasteiger partial charge in [-0.2, -0.15) is 0 Å². The number of hydrogen-bond donors (Lipinski definition) is 2. The van der Waals surface area contributed by atoms with Gasteiger partial charge in [-0.25, -0.2) is 0 Å². The van der Waals surface area contributed by atoms with E-state index in [0.29, 0.717) is 19.8 Å². The lowest BCUT2D eigenvalue weighted by atomic mass is 9.92. The molecule has 3 N–H and O–H groups in total. The van der Waals surface area contributed by atoms with Gasteiger partial charge >= 0.3 is 0 Å². The molecule has 1 aromatic rings. The molecule has 1 heterocycles. The van der Waals surface area contributed by atoms with Crippen LogP contribution in [0.4, 0.5) is 0 Å². The third-order valence-corrected chi connectivity index (χ3v) is 3.92. The molecule has 5 nitrogen and oxygen atoms in total. The first-order valence-corrected chi connectivity index (χ1v) is 7.93. The summed E-state index contributed by atoms with van der Waals surface area (Å²) in [5, 5.41) is 2.87. The molecule has 0 bridgehead atoms. The summed E-state index contributed by atoms with van der Waals surface area (Å²) in [6.07, 6.45) is 3.22. The number of nitrogens with two attached hydrogens (primary N) is 1. The molecule has 2 atom stereocenters. The molecule has 1 saturated heterocycles. The fourth-order valence-corrected chi connectivity index (χ4v) is 2.47. The van der Waals surface area contributed by atoms with Gasteiger partial charge in [0.05, 0.1) is 12.7 Å². The van der Waals surface area contributed by atoms with Crippen LogP contribution in [0.2, 0.25) is 0 Å². The average molecular weight is 306 g/mol. The number of amides is 1. The first-order valence-electron chi connectivity index (χ1n) is 7.93. The summed E-state index contributed by atoms with van der Waals surface area (Å²) in [6, 6.07) is 9.40. The van der Waals surface area contributed by atoms with Crippen LogP contribution in [0.15, 0.2) is 30.3 Å². The Labute approximate surface area is 132 Å². The van der Waals surface area contributed by atoms with Crippen molar-refractivity contribution in [2.45, 2.75) is 37.8 Å². The summed E-state index contributed by atoms with van der Waals surface area (Å²) in [5.74, 6) is -0.169. The van der Waals surface area contributed by atoms with Gasteiger partial charge in [0.2, 0.25) is 5.91 Å². The Kier molecular flexibility index (Phi) is 6.36. The number of rotatable bonds is 8. The van der Waals surface area contributed by atoms with Crippen molar-refractivity contribution < 1.29 is 14.3 Å². The van der Waals surface area contributed by atoms with Gasteiger partial charge in [0.15, 0.2) is 0 Å². The number of carbonyl (C=O) groups is 1. The number of hydrogen-bond acceptors (Lipinski definition) is 4. The molecule has 2 unspecified atom stereocenters. The van der Waals surface area contributed by atoms with Crippen LogP contribution in [-0.2, 0) is 19.8 Å². The van der Waals surface area contributed by atoms with E-state index in [1.807, 2.05) is 30.3 Å². The summed E-state index contributed by atoms with van der Waals surface area (Å²) in [6.45, 7) is 4.40. The van der Waals surface area contributed by atoms with Gasteiger partial charge in [0.25, 0.3) is 0 Å². The van der Waals surface area contributed by atoms with Gasteiger partial charge in [-0.3, -0.25) is 4.79 Å². The van der Waals surface area contributed by atoms with Gasteiger partial charge in [0.1, 0.15) is 5.54 Å². The van der Waals surface area contributed by atoms with Crippen LogP contribution < -0.4 is 11.1 Å². The Morgan fingerprint density at radius 3 is 2.91 bits per heavy atom. The van der Waals surface area contributed by atoms with E-state index in [1.165, 1.54) is 0 Å². The molecule has 0 aromatic heterocycles. The number of carbonyl (C=O) groups excluding carboxylic acids is 1. The molecular formula is C17H26N2O3. The van der Waals surface area contributed by atoms with E-state index in [0.717, 1.165) is 31.4 Å². The molecule has 22 heavy (non-hydrogen) atoms. The molecule has 5 heteroatoms. The second-order valence-corrected chi connectivity index (χ2v) is 5.89. The van der Waals surface area contributed by atoms with Crippen molar-refractivity contribution in [3.63, 3.8) is 0 Å². The average Bonchev–Trinajstić information content (AvgIpc) is 3.04. The van der Waals surface area contributed by atoms with E-state index >= 15 is 0 Å². The van der Waals surface area contributed by atoms with E-state index in [1.54, 1.807) is 6.92 Å². The largest absolute Gasteiger partial charge is 0.379 e. The number of nitrogens with one attached hydrogen (secondary N) is 1. The highest BCUT2D eigenvalue weighted by Gasteiger charge is 2.29. The summed E-state index contributed by atoms with van der Waals surface area (Å²) in [7, 11) is 0. The van der Waals surface area contributed by atoms with E-state index in [-0.39, 0.29) is 12.0 Å². The highest BCUT2D eigenvalue weighted by atomic mass is 16.5. The van der Waals surface area contributed by atoms with Crippen LogP contribution in [0.1, 0.15) is 31.7 Å². The highest BCUT2D eigenvalue weighted by molar-refractivity contribution is 5.86. The maximum Gasteiger partial charge on any atom is 0.244 e. The monoisotopic (exact) mass is 306 g/mol. The Morgan fingerprint density at radius 2 is 2.23 bits per heavy atom. The second-order valence-electron chi connectivity index (χ2n) is 5.89. The molecule has 1 aromatic carbocycles. The summed E-state index contributed by atoms with van der Waals surface area (Å²) < 4.78 is 11.0. The zero-order valence-electron chi connectivity index (χ0n) is 13.2. The van der Waals surface area contributed by atoms with Crippen LogP contribution in [0.3, 0.4) is 0 Å². The van der Waals surface area contributed by atoms with Gasteiger partial charge in [-0.15, -0.1) is 0 Å². The van der Waals surface area contributed by atoms with Crippen molar-refractivity contribution in [1.29, 1.82) is 0 Å². The maximum absolute atomic E-state index is 12.2. The predicted molar refractivity (Wildman–Crippen MR) is 85.4 cm³/mol. The summed E-state index contributed by atoms with van der Waals surface area (Å²) >= 11 is 0. The topological polar surface area (TPSA) is 73.6 Å². The summed E-state index contributed by atoms with van der Waals surface area (Å²) in [4.78, 5) is 12.2. The van der Waals surface area contributed by atoms with E-state index in [2.05, 4.69) is 5.32 Å². The van der Waals surface area contributed by atoms with Crippen LogP contribution in [0, 0.1) is 0 Å². The second kappa shape index (κ2) is 8.27. The molecule has 0 radical (unpaired) electrons. The molecule has 0 aliphatic carbocycles. The Hall–Kier alpha value is -1.43. The van der Waals surface area contributed by atoms with Crippen LogP contribution in [0.25, 0.3) is 0 Å². The molecule has 1 amide bonds. The standard InChI is InChI=1S/C17H26N2O3/c1-17(18,14-7-3-2-4-8-14)16(20)19-10-6-11-21-13-15-9-5-12-22-15/h2-4,7-8,15H,5-6,9-13,18H2,1H3,(H,19,20). The van der Waals surface area contributed by atoms with Crippen molar-refractivity contribution in [3.05, 3.63) is 35.9 Å². The highest BCUT2D eigenvalue weighted by Crippen LogP contribution is 2.17. The molecule has 1 fully saturated rings. The fourth-order valence-electron chi connectivity index (χ4n) is 2.47. The Balaban J connectivity index is 1.62. The third kappa shape index (κ3) is 4.80. The SMILES string of the molecule is CC(N)(C(=O)NCCCOCC1CCCO1)c1ccccc1. The van der Waals surface area contributed by atoms with E-state index in [4.69, 9.17) is 15.2 Å². The fraction of sp³-hybridized carbons (Fsp3) is 0.588. The quantitative estimate of drug-likeness (QED) is 0.715. The molecule has 0 saturated carbocycles. The van der Waals surface area contributed by atoms with Gasteiger partial charge in [0, 0.05) is 19.8 Å². The molecule has 1 aliphatic rings. The van der Waals surface area contributed by atoms with Crippen molar-refractivity contribution in [2.75, 3.05) is 26.4 Å². The minimum absolute atomic E-state index is 0.169. The van der Waals surface area contributed by atoms with Crippen molar-refractivity contribution in [3.8, 4) is 0 Å². The Morgan fingerprint density at radius 1 is 1.45 bits per heavy atom. The lowest BCUT2D eigenvalue weighted by Gasteiger charge is -2.24. The van der Waals surface area contributed by atoms with Gasteiger partial charge in [-0.1, -0.05) is 30.3 Å². The van der Waals surface area contributed by atoms with E-state index in [9.17, 15) is 4.79 Å².